The average molecular weight is 326 g/mol. The molecule has 0 bridgehead atoms. The number of nitrogens with one attached hydrogen (secondary N) is 1. The van der Waals surface area contributed by atoms with Crippen LogP contribution in [0.15, 0.2) is 17.5 Å². The van der Waals surface area contributed by atoms with E-state index in [0.717, 1.165) is 24.3 Å². The number of aliphatic hydroxyl groups excluding tert-OH is 1. The van der Waals surface area contributed by atoms with Crippen molar-refractivity contribution in [1.82, 2.24) is 10.2 Å². The Morgan fingerprint density at radius 1 is 1.59 bits per heavy atom. The quantitative estimate of drug-likeness (QED) is 0.755. The summed E-state index contributed by atoms with van der Waals surface area (Å²) in [4.78, 5) is 15.2. The van der Waals surface area contributed by atoms with Crippen LogP contribution in [0.5, 0.6) is 0 Å². The van der Waals surface area contributed by atoms with Crippen molar-refractivity contribution >= 4 is 17.2 Å². The highest BCUT2D eigenvalue weighted by atomic mass is 32.1. The zero-order valence-corrected chi connectivity index (χ0v) is 14.1. The van der Waals surface area contributed by atoms with E-state index in [-0.39, 0.29) is 18.1 Å². The van der Waals surface area contributed by atoms with E-state index < -0.39 is 6.10 Å². The summed E-state index contributed by atoms with van der Waals surface area (Å²) in [6, 6.07) is 3.57. The number of aliphatic hydroxyl groups is 1. The molecule has 6 heteroatoms. The normalized spacial score (nSPS) is 24.8. The summed E-state index contributed by atoms with van der Waals surface area (Å²) in [6.07, 6.45) is 1.78. The van der Waals surface area contributed by atoms with E-state index in [1.807, 2.05) is 24.6 Å². The van der Waals surface area contributed by atoms with Crippen molar-refractivity contribution in [1.29, 1.82) is 0 Å². The van der Waals surface area contributed by atoms with Gasteiger partial charge in [-0.15, -0.1) is 11.3 Å². The minimum atomic E-state index is -0.642. The number of ether oxygens (including phenoxy) is 1. The molecular formula is C16H26N2O3S. The number of thiophene rings is 1. The Labute approximate surface area is 136 Å². The first kappa shape index (κ1) is 17.4. The first-order chi connectivity index (χ1) is 10.6. The minimum Gasteiger partial charge on any atom is -0.388 e. The third kappa shape index (κ3) is 5.05. The van der Waals surface area contributed by atoms with Gasteiger partial charge in [-0.3, -0.25) is 4.79 Å². The molecule has 2 heterocycles. The van der Waals surface area contributed by atoms with Crippen LogP contribution in [0.25, 0.3) is 0 Å². The topological polar surface area (TPSA) is 61.8 Å². The molecule has 0 unspecified atom stereocenters. The molecule has 0 radical (unpaired) electrons. The van der Waals surface area contributed by atoms with E-state index in [4.69, 9.17) is 4.74 Å². The van der Waals surface area contributed by atoms with Gasteiger partial charge in [0.05, 0.1) is 25.2 Å². The molecule has 2 rings (SSSR count). The highest BCUT2D eigenvalue weighted by Crippen LogP contribution is 2.16. The van der Waals surface area contributed by atoms with Crippen LogP contribution in [0.1, 0.15) is 24.6 Å². The van der Waals surface area contributed by atoms with Gasteiger partial charge < -0.3 is 20.1 Å². The number of amides is 1. The standard InChI is InChI=1S/C16H26N2O3S/c1-3-4-7-18(2)10-14-16(20)13(11-21-14)17-15(19)9-12-6-5-8-22-12/h5-6,8,13-14,16,20H,3-4,7,9-11H2,1-2H3,(H,17,19)/t13-,14-,16+/m0/s1. The molecule has 22 heavy (non-hydrogen) atoms. The Hall–Kier alpha value is -0.950. The lowest BCUT2D eigenvalue weighted by Crippen LogP contribution is -2.46. The molecular weight excluding hydrogens is 300 g/mol. The highest BCUT2D eigenvalue weighted by Gasteiger charge is 2.37. The van der Waals surface area contributed by atoms with Gasteiger partial charge in [0.1, 0.15) is 6.10 Å². The molecule has 2 N–H and O–H groups in total. The summed E-state index contributed by atoms with van der Waals surface area (Å²) in [5, 5.41) is 15.2. The maximum atomic E-state index is 12.0. The van der Waals surface area contributed by atoms with Crippen molar-refractivity contribution in [2.45, 2.75) is 44.4 Å². The molecule has 1 aliphatic heterocycles. The number of nitrogens with zero attached hydrogens (tertiary/aromatic N) is 1. The molecule has 5 nitrogen and oxygen atoms in total. The molecule has 1 fully saturated rings. The van der Waals surface area contributed by atoms with Crippen molar-refractivity contribution in [3.63, 3.8) is 0 Å². The number of hydrogen-bond donors (Lipinski definition) is 2. The van der Waals surface area contributed by atoms with Crippen molar-refractivity contribution in [3.8, 4) is 0 Å². The van der Waals surface area contributed by atoms with Crippen LogP contribution in [0.3, 0.4) is 0 Å². The van der Waals surface area contributed by atoms with Crippen LogP contribution in [0.4, 0.5) is 0 Å². The monoisotopic (exact) mass is 326 g/mol. The van der Waals surface area contributed by atoms with E-state index in [0.29, 0.717) is 19.6 Å². The summed E-state index contributed by atoms with van der Waals surface area (Å²) in [5.74, 6) is -0.0601. The number of hydrogen-bond acceptors (Lipinski definition) is 5. The highest BCUT2D eigenvalue weighted by molar-refractivity contribution is 7.10. The summed E-state index contributed by atoms with van der Waals surface area (Å²) in [7, 11) is 2.04. The van der Waals surface area contributed by atoms with Gasteiger partial charge in [0, 0.05) is 11.4 Å². The number of unbranched alkanes of at least 4 members (excludes halogenated alkanes) is 1. The molecule has 1 saturated heterocycles. The van der Waals surface area contributed by atoms with Crippen molar-refractivity contribution in [2.24, 2.45) is 0 Å². The summed E-state index contributed by atoms with van der Waals surface area (Å²) >= 11 is 1.57. The molecule has 0 saturated carbocycles. The van der Waals surface area contributed by atoms with Crippen LogP contribution in [0.2, 0.25) is 0 Å². The van der Waals surface area contributed by atoms with Crippen molar-refractivity contribution in [2.75, 3.05) is 26.7 Å². The van der Waals surface area contributed by atoms with Crippen molar-refractivity contribution < 1.29 is 14.6 Å². The maximum absolute atomic E-state index is 12.0. The van der Waals surface area contributed by atoms with Crippen molar-refractivity contribution in [3.05, 3.63) is 22.4 Å². The number of likely N-dealkylation sites (N-methyl/N-ethyl adjacent to an activating group) is 1. The lowest BCUT2D eigenvalue weighted by molar-refractivity contribution is -0.121. The molecule has 0 aromatic carbocycles. The Kier molecular flexibility index (Phi) is 6.82. The van der Waals surface area contributed by atoms with Gasteiger partial charge >= 0.3 is 0 Å². The Morgan fingerprint density at radius 3 is 3.09 bits per heavy atom. The van der Waals surface area contributed by atoms with Gasteiger partial charge in [0.25, 0.3) is 0 Å². The van der Waals surface area contributed by atoms with Gasteiger partial charge in [-0.25, -0.2) is 0 Å². The second-order valence-corrected chi connectivity index (χ2v) is 6.94. The fourth-order valence-corrected chi connectivity index (χ4v) is 3.33. The second-order valence-electron chi connectivity index (χ2n) is 5.91. The molecule has 1 aromatic heterocycles. The molecule has 1 aliphatic rings. The maximum Gasteiger partial charge on any atom is 0.225 e. The SMILES string of the molecule is CCCCN(C)C[C@@H]1OC[C@H](NC(=O)Cc2cccs2)[C@H]1O. The first-order valence-electron chi connectivity index (χ1n) is 7.90. The molecule has 0 aliphatic carbocycles. The van der Waals surface area contributed by atoms with Gasteiger partial charge in [0.2, 0.25) is 5.91 Å². The van der Waals surface area contributed by atoms with Crippen LogP contribution in [-0.2, 0) is 16.0 Å². The summed E-state index contributed by atoms with van der Waals surface area (Å²) < 4.78 is 5.66. The molecule has 1 amide bonds. The zero-order valence-electron chi connectivity index (χ0n) is 13.3. The minimum absolute atomic E-state index is 0.0601. The predicted molar refractivity (Wildman–Crippen MR) is 88.1 cm³/mol. The van der Waals surface area contributed by atoms with E-state index in [9.17, 15) is 9.90 Å². The van der Waals surface area contributed by atoms with Crippen LogP contribution in [0, 0.1) is 0 Å². The number of carbonyl (C=O) groups is 1. The summed E-state index contributed by atoms with van der Waals surface area (Å²) in [6.45, 7) is 4.23. The Bertz CT molecular complexity index is 452. The predicted octanol–water partition coefficient (Wildman–Crippen LogP) is 1.27. The van der Waals surface area contributed by atoms with Gasteiger partial charge in [-0.05, 0) is 31.5 Å². The number of carbonyl (C=O) groups excluding carboxylic acids is 1. The molecule has 124 valence electrons. The van der Waals surface area contributed by atoms with E-state index in [1.54, 1.807) is 11.3 Å². The van der Waals surface area contributed by atoms with E-state index >= 15 is 0 Å². The zero-order chi connectivity index (χ0) is 15.9. The largest absolute Gasteiger partial charge is 0.388 e. The first-order valence-corrected chi connectivity index (χ1v) is 8.78. The Morgan fingerprint density at radius 2 is 2.41 bits per heavy atom. The molecule has 1 aromatic rings. The summed E-state index contributed by atoms with van der Waals surface area (Å²) in [5.41, 5.74) is 0. The van der Waals surface area contributed by atoms with E-state index in [1.165, 1.54) is 0 Å². The van der Waals surface area contributed by atoms with Gasteiger partial charge in [-0.1, -0.05) is 19.4 Å². The Balaban J connectivity index is 1.75. The van der Waals surface area contributed by atoms with Crippen LogP contribution >= 0.6 is 11.3 Å². The van der Waals surface area contributed by atoms with Gasteiger partial charge in [-0.2, -0.15) is 0 Å². The fraction of sp³-hybridized carbons (Fsp3) is 0.688. The van der Waals surface area contributed by atoms with Crippen LogP contribution in [-0.4, -0.2) is 60.9 Å². The average Bonchev–Trinajstić information content (AvgIpc) is 3.10. The second kappa shape index (κ2) is 8.62. The lowest BCUT2D eigenvalue weighted by Gasteiger charge is -2.23. The smallest absolute Gasteiger partial charge is 0.225 e. The third-order valence-electron chi connectivity index (χ3n) is 3.93. The van der Waals surface area contributed by atoms with Crippen LogP contribution < -0.4 is 5.32 Å². The van der Waals surface area contributed by atoms with Gasteiger partial charge in [0.15, 0.2) is 0 Å². The third-order valence-corrected chi connectivity index (χ3v) is 4.81. The number of rotatable bonds is 8. The van der Waals surface area contributed by atoms with E-state index in [2.05, 4.69) is 17.1 Å². The lowest BCUT2D eigenvalue weighted by atomic mass is 10.1. The molecule has 0 spiro atoms. The molecule has 3 atom stereocenters. The fourth-order valence-electron chi connectivity index (χ4n) is 2.63.